The second kappa shape index (κ2) is 22.2. The highest BCUT2D eigenvalue weighted by atomic mass is 16.5. The molecule has 0 radical (unpaired) electrons. The van der Waals surface area contributed by atoms with Crippen LogP contribution in [0.4, 0.5) is 0 Å². The van der Waals surface area contributed by atoms with Crippen molar-refractivity contribution in [3.63, 3.8) is 0 Å². The summed E-state index contributed by atoms with van der Waals surface area (Å²) in [6.45, 7) is 13.7. The topological polar surface area (TPSA) is 102 Å². The lowest BCUT2D eigenvalue weighted by molar-refractivity contribution is -0.139. The standard InChI is InChI=1S/C42H66O7/c1-6-7-8-11-32-14-16-34(17-15-32)35-18-20-36(21-19-35)39-26-37(12-9-23-48-41(45)30(2)3)40(47-25-22-33(28-43)29-44)38(27-39)13-10-24-49-42(46)31(4)5/h26-27,32-36,43-44H,2,4,6-25,28-29H2,1,3,5H3. The van der Waals surface area contributed by atoms with E-state index in [-0.39, 0.29) is 31.1 Å². The molecule has 49 heavy (non-hydrogen) atoms. The van der Waals surface area contributed by atoms with Gasteiger partial charge in [-0.05, 0) is 125 Å². The molecule has 0 heterocycles. The van der Waals surface area contributed by atoms with Crippen LogP contribution in [0.15, 0.2) is 36.4 Å². The first kappa shape index (κ1) is 40.8. The number of unbranched alkanes of at least 4 members (excludes halogenated alkanes) is 2. The van der Waals surface area contributed by atoms with Crippen LogP contribution < -0.4 is 4.74 Å². The van der Waals surface area contributed by atoms with Gasteiger partial charge in [0.2, 0.25) is 0 Å². The molecule has 0 aromatic heterocycles. The highest BCUT2D eigenvalue weighted by Gasteiger charge is 2.32. The number of hydrogen-bond acceptors (Lipinski definition) is 7. The largest absolute Gasteiger partial charge is 0.493 e. The van der Waals surface area contributed by atoms with Crippen LogP contribution in [0.5, 0.6) is 5.75 Å². The lowest BCUT2D eigenvalue weighted by atomic mass is 9.67. The van der Waals surface area contributed by atoms with Crippen LogP contribution in [-0.2, 0) is 31.9 Å². The molecule has 2 N–H and O–H groups in total. The average molecular weight is 683 g/mol. The van der Waals surface area contributed by atoms with Gasteiger partial charge in [-0.2, -0.15) is 0 Å². The Bertz CT molecular complexity index is 1110. The van der Waals surface area contributed by atoms with E-state index >= 15 is 0 Å². The van der Waals surface area contributed by atoms with E-state index in [2.05, 4.69) is 32.2 Å². The summed E-state index contributed by atoms with van der Waals surface area (Å²) in [6.07, 6.45) is 19.3. The molecule has 2 fully saturated rings. The fraction of sp³-hybridized carbons (Fsp3) is 0.714. The van der Waals surface area contributed by atoms with Gasteiger partial charge in [0.15, 0.2) is 0 Å². The van der Waals surface area contributed by atoms with Gasteiger partial charge in [-0.25, -0.2) is 9.59 Å². The number of benzene rings is 1. The number of ether oxygens (including phenoxy) is 3. The summed E-state index contributed by atoms with van der Waals surface area (Å²) in [5.41, 5.74) is 4.30. The van der Waals surface area contributed by atoms with Crippen LogP contribution >= 0.6 is 0 Å². The lowest BCUT2D eigenvalue weighted by Gasteiger charge is -2.38. The molecule has 0 bridgehead atoms. The first-order valence-electron chi connectivity index (χ1n) is 19.3. The maximum absolute atomic E-state index is 12.0. The first-order valence-corrected chi connectivity index (χ1v) is 19.3. The van der Waals surface area contributed by atoms with Crippen molar-refractivity contribution >= 4 is 11.9 Å². The Morgan fingerprint density at radius 3 is 1.73 bits per heavy atom. The zero-order valence-corrected chi connectivity index (χ0v) is 30.9. The second-order valence-electron chi connectivity index (χ2n) is 15.0. The number of esters is 2. The van der Waals surface area contributed by atoms with E-state index in [4.69, 9.17) is 14.2 Å². The zero-order valence-electron chi connectivity index (χ0n) is 30.9. The fourth-order valence-electron chi connectivity index (χ4n) is 7.80. The minimum absolute atomic E-state index is 0.0935. The van der Waals surface area contributed by atoms with E-state index in [9.17, 15) is 19.8 Å². The van der Waals surface area contributed by atoms with Crippen LogP contribution in [0.3, 0.4) is 0 Å². The van der Waals surface area contributed by atoms with Gasteiger partial charge in [-0.3, -0.25) is 0 Å². The number of aliphatic hydroxyl groups excluding tert-OH is 2. The Labute approximate surface area is 296 Å². The molecule has 2 saturated carbocycles. The SMILES string of the molecule is C=C(C)C(=O)OCCCc1cc(C2CCC(C3CCC(CCCCC)CC3)CC2)cc(CCCOC(=O)C(=C)C)c1OCCC(CO)CO. The van der Waals surface area contributed by atoms with Crippen LogP contribution in [0.2, 0.25) is 0 Å². The lowest BCUT2D eigenvalue weighted by Crippen LogP contribution is -2.25. The number of hydrogen-bond donors (Lipinski definition) is 2. The van der Waals surface area contributed by atoms with Crippen molar-refractivity contribution < 1.29 is 34.0 Å². The predicted molar refractivity (Wildman–Crippen MR) is 197 cm³/mol. The van der Waals surface area contributed by atoms with Crippen LogP contribution in [0.25, 0.3) is 0 Å². The van der Waals surface area contributed by atoms with Crippen LogP contribution in [0.1, 0.15) is 140 Å². The summed E-state index contributed by atoms with van der Waals surface area (Å²) in [4.78, 5) is 24.0. The quantitative estimate of drug-likeness (QED) is 0.0716. The van der Waals surface area contributed by atoms with Crippen molar-refractivity contribution in [1.82, 2.24) is 0 Å². The van der Waals surface area contributed by atoms with E-state index in [1.807, 2.05) is 0 Å². The molecule has 276 valence electrons. The summed E-state index contributed by atoms with van der Waals surface area (Å²) in [5.74, 6) is 2.99. The van der Waals surface area contributed by atoms with Crippen LogP contribution in [-0.4, -0.2) is 55.2 Å². The second-order valence-corrected chi connectivity index (χ2v) is 15.0. The van der Waals surface area contributed by atoms with Crippen molar-refractivity contribution in [3.8, 4) is 5.75 Å². The number of aliphatic hydroxyl groups is 2. The molecular formula is C42H66O7. The van der Waals surface area contributed by atoms with E-state index < -0.39 is 0 Å². The van der Waals surface area contributed by atoms with E-state index in [1.54, 1.807) is 13.8 Å². The third-order valence-corrected chi connectivity index (χ3v) is 10.9. The van der Waals surface area contributed by atoms with E-state index in [0.29, 0.717) is 69.0 Å². The van der Waals surface area contributed by atoms with Gasteiger partial charge < -0.3 is 24.4 Å². The fourth-order valence-corrected chi connectivity index (χ4v) is 7.80. The molecule has 0 amide bonds. The van der Waals surface area contributed by atoms with Gasteiger partial charge in [0.1, 0.15) is 5.75 Å². The van der Waals surface area contributed by atoms with Gasteiger partial charge in [-0.15, -0.1) is 0 Å². The monoisotopic (exact) mass is 682 g/mol. The molecule has 0 atom stereocenters. The Morgan fingerprint density at radius 2 is 1.27 bits per heavy atom. The predicted octanol–water partition coefficient (Wildman–Crippen LogP) is 8.82. The summed E-state index contributed by atoms with van der Waals surface area (Å²) in [6, 6.07) is 4.62. The number of carbonyl (C=O) groups is 2. The number of carbonyl (C=O) groups excluding carboxylic acids is 2. The molecule has 1 aromatic carbocycles. The van der Waals surface area contributed by atoms with Gasteiger partial charge >= 0.3 is 11.9 Å². The normalized spacial score (nSPS) is 20.9. The summed E-state index contributed by atoms with van der Waals surface area (Å²) < 4.78 is 17.3. The highest BCUT2D eigenvalue weighted by Crippen LogP contribution is 2.45. The third kappa shape index (κ3) is 13.9. The van der Waals surface area contributed by atoms with Gasteiger partial charge in [0.05, 0.1) is 19.8 Å². The molecule has 0 saturated heterocycles. The molecular weight excluding hydrogens is 616 g/mol. The van der Waals surface area contributed by atoms with Crippen molar-refractivity contribution in [2.45, 2.75) is 136 Å². The number of aryl methyl sites for hydroxylation is 2. The third-order valence-electron chi connectivity index (χ3n) is 10.9. The molecule has 0 spiro atoms. The molecule has 1 aromatic rings. The Balaban J connectivity index is 1.75. The summed E-state index contributed by atoms with van der Waals surface area (Å²) in [5, 5.41) is 19.2. The summed E-state index contributed by atoms with van der Waals surface area (Å²) >= 11 is 0. The molecule has 2 aliphatic rings. The van der Waals surface area contributed by atoms with Gasteiger partial charge in [0, 0.05) is 30.3 Å². The average Bonchev–Trinajstić information content (AvgIpc) is 3.11. The minimum atomic E-state index is -0.379. The molecule has 2 aliphatic carbocycles. The Morgan fingerprint density at radius 1 is 0.755 bits per heavy atom. The molecule has 0 aliphatic heterocycles. The zero-order chi connectivity index (χ0) is 35.6. The van der Waals surface area contributed by atoms with Crippen molar-refractivity contribution in [1.29, 1.82) is 0 Å². The molecule has 3 rings (SSSR count). The Hall–Kier alpha value is -2.64. The smallest absolute Gasteiger partial charge is 0.333 e. The van der Waals surface area contributed by atoms with Crippen molar-refractivity contribution in [2.75, 3.05) is 33.0 Å². The highest BCUT2D eigenvalue weighted by molar-refractivity contribution is 5.87. The molecule has 7 heteroatoms. The maximum Gasteiger partial charge on any atom is 0.333 e. The minimum Gasteiger partial charge on any atom is -0.493 e. The summed E-state index contributed by atoms with van der Waals surface area (Å²) in [7, 11) is 0. The maximum atomic E-state index is 12.0. The van der Waals surface area contributed by atoms with E-state index in [1.165, 1.54) is 82.6 Å². The van der Waals surface area contributed by atoms with Crippen LogP contribution in [0, 0.1) is 23.7 Å². The first-order chi connectivity index (χ1) is 23.7. The van der Waals surface area contributed by atoms with Crippen molar-refractivity contribution in [3.05, 3.63) is 53.1 Å². The molecule has 0 unspecified atom stereocenters. The van der Waals surface area contributed by atoms with Gasteiger partial charge in [0.25, 0.3) is 0 Å². The number of rotatable bonds is 22. The Kier molecular flexibility index (Phi) is 18.5. The van der Waals surface area contributed by atoms with E-state index in [0.717, 1.165) is 34.6 Å². The van der Waals surface area contributed by atoms with Gasteiger partial charge in [-0.1, -0.05) is 70.7 Å². The molecule has 7 nitrogen and oxygen atoms in total. The van der Waals surface area contributed by atoms with Crippen molar-refractivity contribution in [2.24, 2.45) is 23.7 Å².